The molecule has 124 valence electrons. The first kappa shape index (κ1) is 16.6. The van der Waals surface area contributed by atoms with Crippen molar-refractivity contribution in [2.75, 3.05) is 11.1 Å². The van der Waals surface area contributed by atoms with E-state index < -0.39 is 0 Å². The number of aryl methyl sites for hydroxylation is 2. The summed E-state index contributed by atoms with van der Waals surface area (Å²) in [6, 6.07) is 14.0. The van der Waals surface area contributed by atoms with Gasteiger partial charge in [0.15, 0.2) is 0 Å². The van der Waals surface area contributed by atoms with E-state index in [1.165, 1.54) is 5.56 Å². The number of imidazole rings is 1. The molecule has 0 spiro atoms. The molecule has 0 radical (unpaired) electrons. The van der Waals surface area contributed by atoms with Gasteiger partial charge in [-0.25, -0.2) is 4.98 Å². The molecule has 1 amide bonds. The van der Waals surface area contributed by atoms with Gasteiger partial charge in [0.25, 0.3) is 0 Å². The summed E-state index contributed by atoms with van der Waals surface area (Å²) in [6.45, 7) is 6.11. The van der Waals surface area contributed by atoms with Crippen molar-refractivity contribution in [3.05, 3.63) is 59.4 Å². The monoisotopic (exact) mass is 339 g/mol. The third kappa shape index (κ3) is 3.79. The van der Waals surface area contributed by atoms with E-state index in [1.807, 2.05) is 50.2 Å². The van der Waals surface area contributed by atoms with E-state index in [-0.39, 0.29) is 11.2 Å². The fourth-order valence-corrected chi connectivity index (χ4v) is 3.33. The van der Waals surface area contributed by atoms with Crippen LogP contribution in [0.3, 0.4) is 0 Å². The predicted molar refractivity (Wildman–Crippen MR) is 102 cm³/mol. The number of amides is 1. The third-order valence-corrected chi connectivity index (χ3v) is 5.07. The van der Waals surface area contributed by atoms with Crippen molar-refractivity contribution in [1.82, 2.24) is 9.97 Å². The molecule has 0 bridgehead atoms. The van der Waals surface area contributed by atoms with Gasteiger partial charge in [-0.2, -0.15) is 0 Å². The zero-order chi connectivity index (χ0) is 17.1. The maximum atomic E-state index is 12.2. The highest BCUT2D eigenvalue weighted by Crippen LogP contribution is 2.28. The van der Waals surface area contributed by atoms with E-state index in [2.05, 4.69) is 28.3 Å². The highest BCUT2D eigenvalue weighted by atomic mass is 32.2. The lowest BCUT2D eigenvalue weighted by Gasteiger charge is -2.11. The van der Waals surface area contributed by atoms with Crippen LogP contribution in [0, 0.1) is 13.8 Å². The second-order valence-corrected chi connectivity index (χ2v) is 7.29. The molecule has 0 saturated heterocycles. The molecule has 1 aromatic heterocycles. The quantitative estimate of drug-likeness (QED) is 0.713. The minimum absolute atomic E-state index is 0.00918. The Bertz CT molecular complexity index is 839. The Hall–Kier alpha value is -2.27. The van der Waals surface area contributed by atoms with Crippen molar-refractivity contribution >= 4 is 34.4 Å². The lowest BCUT2D eigenvalue weighted by molar-refractivity contribution is -0.113. The summed E-state index contributed by atoms with van der Waals surface area (Å²) in [6.07, 6.45) is 0. The largest absolute Gasteiger partial charge is 0.341 e. The summed E-state index contributed by atoms with van der Waals surface area (Å²) in [5, 5.41) is 3.11. The third-order valence-electron chi connectivity index (χ3n) is 3.91. The molecular formula is C19H21N3OS. The molecule has 1 heterocycles. The van der Waals surface area contributed by atoms with Crippen molar-refractivity contribution in [3.8, 4) is 0 Å². The van der Waals surface area contributed by atoms with Gasteiger partial charge in [0.1, 0.15) is 5.82 Å². The number of carbonyl (C=O) groups is 1. The minimum Gasteiger partial charge on any atom is -0.341 e. The molecule has 3 rings (SSSR count). The van der Waals surface area contributed by atoms with Crippen molar-refractivity contribution in [3.63, 3.8) is 0 Å². The molecule has 0 fully saturated rings. The van der Waals surface area contributed by atoms with Crippen LogP contribution in [0.1, 0.15) is 29.1 Å². The van der Waals surface area contributed by atoms with Gasteiger partial charge in [-0.3, -0.25) is 4.79 Å². The zero-order valence-electron chi connectivity index (χ0n) is 14.1. The Morgan fingerprint density at radius 2 is 2.04 bits per heavy atom. The van der Waals surface area contributed by atoms with Crippen molar-refractivity contribution in [2.24, 2.45) is 0 Å². The molecule has 0 aliphatic rings. The molecule has 24 heavy (non-hydrogen) atoms. The first-order valence-electron chi connectivity index (χ1n) is 7.96. The van der Waals surface area contributed by atoms with Crippen molar-refractivity contribution in [2.45, 2.75) is 26.0 Å². The fourth-order valence-electron chi connectivity index (χ4n) is 2.58. The Morgan fingerprint density at radius 3 is 2.79 bits per heavy atom. The Morgan fingerprint density at radius 1 is 1.25 bits per heavy atom. The van der Waals surface area contributed by atoms with Gasteiger partial charge in [-0.1, -0.05) is 29.8 Å². The van der Waals surface area contributed by atoms with Crippen LogP contribution in [-0.4, -0.2) is 21.6 Å². The second kappa shape index (κ2) is 7.09. The van der Waals surface area contributed by atoms with Gasteiger partial charge < -0.3 is 10.3 Å². The summed E-state index contributed by atoms with van der Waals surface area (Å²) in [5.74, 6) is 1.31. The van der Waals surface area contributed by atoms with E-state index in [0.29, 0.717) is 5.75 Å². The molecule has 2 aromatic carbocycles. The Kier molecular flexibility index (Phi) is 4.90. The maximum Gasteiger partial charge on any atom is 0.234 e. The topological polar surface area (TPSA) is 57.8 Å². The number of benzene rings is 2. The number of aromatic amines is 1. The SMILES string of the molecule is Cc1ccc(NC(=O)CS[C@@H](C)c2nc3ccccc3[nH]2)c(C)c1. The Balaban J connectivity index is 1.59. The second-order valence-electron chi connectivity index (χ2n) is 5.96. The fraction of sp³-hybridized carbons (Fsp3) is 0.263. The Labute approximate surface area is 146 Å². The summed E-state index contributed by atoms with van der Waals surface area (Å²) in [5.41, 5.74) is 5.14. The lowest BCUT2D eigenvalue weighted by Crippen LogP contribution is -2.15. The van der Waals surface area contributed by atoms with Crippen LogP contribution < -0.4 is 5.32 Å². The summed E-state index contributed by atoms with van der Waals surface area (Å²) in [7, 11) is 0. The first-order valence-corrected chi connectivity index (χ1v) is 9.01. The number of anilines is 1. The van der Waals surface area contributed by atoms with Gasteiger partial charge in [-0.05, 0) is 44.5 Å². The van der Waals surface area contributed by atoms with E-state index in [9.17, 15) is 4.79 Å². The molecule has 1 atom stereocenters. The maximum absolute atomic E-state index is 12.2. The van der Waals surface area contributed by atoms with Gasteiger partial charge in [0, 0.05) is 5.69 Å². The molecule has 2 N–H and O–H groups in total. The van der Waals surface area contributed by atoms with Crippen LogP contribution in [0.25, 0.3) is 11.0 Å². The molecule has 3 aromatic rings. The average Bonchev–Trinajstić information content (AvgIpc) is 2.99. The van der Waals surface area contributed by atoms with Crippen molar-refractivity contribution < 1.29 is 4.79 Å². The number of hydrogen-bond acceptors (Lipinski definition) is 3. The highest BCUT2D eigenvalue weighted by Gasteiger charge is 2.13. The number of nitrogens with one attached hydrogen (secondary N) is 2. The summed E-state index contributed by atoms with van der Waals surface area (Å²) in [4.78, 5) is 20.1. The minimum atomic E-state index is 0.00918. The molecule has 5 heteroatoms. The van der Waals surface area contributed by atoms with Gasteiger partial charge in [-0.15, -0.1) is 11.8 Å². The van der Waals surface area contributed by atoms with E-state index >= 15 is 0 Å². The number of carbonyl (C=O) groups excluding carboxylic acids is 1. The standard InChI is InChI=1S/C19H21N3OS/c1-12-8-9-15(13(2)10-12)20-18(23)11-24-14(3)19-21-16-6-4-5-7-17(16)22-19/h4-10,14H,11H2,1-3H3,(H,20,23)(H,21,22)/t14-/m0/s1. The predicted octanol–water partition coefficient (Wildman–Crippen LogP) is 4.61. The van der Waals surface area contributed by atoms with E-state index in [4.69, 9.17) is 0 Å². The number of aromatic nitrogens is 2. The highest BCUT2D eigenvalue weighted by molar-refractivity contribution is 8.00. The molecule has 0 aliphatic carbocycles. The lowest BCUT2D eigenvalue weighted by atomic mass is 10.1. The first-order chi connectivity index (χ1) is 11.5. The number of para-hydroxylation sites is 2. The van der Waals surface area contributed by atoms with E-state index in [1.54, 1.807) is 11.8 Å². The smallest absolute Gasteiger partial charge is 0.234 e. The van der Waals surface area contributed by atoms with Crippen LogP contribution >= 0.6 is 11.8 Å². The van der Waals surface area contributed by atoms with Gasteiger partial charge in [0.2, 0.25) is 5.91 Å². The number of rotatable bonds is 5. The van der Waals surface area contributed by atoms with Gasteiger partial charge >= 0.3 is 0 Å². The normalized spacial score (nSPS) is 12.3. The molecule has 0 unspecified atom stereocenters. The van der Waals surface area contributed by atoms with Crippen LogP contribution in [0.4, 0.5) is 5.69 Å². The van der Waals surface area contributed by atoms with Crippen molar-refractivity contribution in [1.29, 1.82) is 0 Å². The molecular weight excluding hydrogens is 318 g/mol. The van der Waals surface area contributed by atoms with Crippen LogP contribution in [0.15, 0.2) is 42.5 Å². The number of H-pyrrole nitrogens is 1. The van der Waals surface area contributed by atoms with Crippen LogP contribution in [-0.2, 0) is 4.79 Å². The number of fused-ring (bicyclic) bond motifs is 1. The van der Waals surface area contributed by atoms with E-state index in [0.717, 1.165) is 28.1 Å². The molecule has 4 nitrogen and oxygen atoms in total. The average molecular weight is 339 g/mol. The molecule has 0 saturated carbocycles. The number of nitrogens with zero attached hydrogens (tertiary/aromatic N) is 1. The number of hydrogen-bond donors (Lipinski definition) is 2. The number of thioether (sulfide) groups is 1. The summed E-state index contributed by atoms with van der Waals surface area (Å²) >= 11 is 1.58. The summed E-state index contributed by atoms with van der Waals surface area (Å²) < 4.78 is 0. The van der Waals surface area contributed by atoms with Crippen LogP contribution in [0.2, 0.25) is 0 Å². The van der Waals surface area contributed by atoms with Crippen LogP contribution in [0.5, 0.6) is 0 Å². The van der Waals surface area contributed by atoms with Gasteiger partial charge in [0.05, 0.1) is 22.0 Å². The zero-order valence-corrected chi connectivity index (χ0v) is 14.9. The molecule has 0 aliphatic heterocycles.